The highest BCUT2D eigenvalue weighted by atomic mass is 16.5. The Morgan fingerprint density at radius 2 is 2.26 bits per heavy atom. The molecule has 2 heterocycles. The second-order valence-electron chi connectivity index (χ2n) is 4.11. The highest BCUT2D eigenvalue weighted by molar-refractivity contribution is 6.10. The van der Waals surface area contributed by atoms with Crippen molar-refractivity contribution in [1.82, 2.24) is 19.7 Å². The first-order valence-corrected chi connectivity index (χ1v) is 5.95. The Morgan fingerprint density at radius 3 is 3.05 bits per heavy atom. The van der Waals surface area contributed by atoms with E-state index in [9.17, 15) is 4.79 Å². The molecule has 0 atom stereocenters. The number of rotatable bonds is 2. The van der Waals surface area contributed by atoms with E-state index in [1.54, 1.807) is 24.9 Å². The summed E-state index contributed by atoms with van der Waals surface area (Å²) in [6, 6.07) is 3.72. The molecule has 96 valence electrons. The summed E-state index contributed by atoms with van der Waals surface area (Å²) in [6.07, 6.45) is 3.22. The lowest BCUT2D eigenvalue weighted by molar-refractivity contribution is 0.0521. The van der Waals surface area contributed by atoms with Crippen LogP contribution < -0.4 is 0 Å². The number of carbonyl (C=O) groups excluding carboxylic acids is 1. The van der Waals surface area contributed by atoms with Crippen LogP contribution in [0.15, 0.2) is 24.7 Å². The first-order chi connectivity index (χ1) is 9.22. The first kappa shape index (κ1) is 11.6. The second kappa shape index (κ2) is 4.31. The number of nitrogens with zero attached hydrogens (tertiary/aromatic N) is 4. The van der Waals surface area contributed by atoms with Crippen molar-refractivity contribution < 1.29 is 9.53 Å². The first-order valence-electron chi connectivity index (χ1n) is 5.95. The monoisotopic (exact) mass is 256 g/mol. The maximum atomic E-state index is 11.9. The SMILES string of the molecule is CCOC(=O)c1nn(C)c2c1ccc1cncnc12. The van der Waals surface area contributed by atoms with Gasteiger partial charge in [-0.3, -0.25) is 4.68 Å². The Labute approximate surface area is 109 Å². The number of carbonyl (C=O) groups is 1. The third kappa shape index (κ3) is 1.72. The Bertz CT molecular complexity index is 779. The predicted octanol–water partition coefficient (Wildman–Crippen LogP) is 1.69. The maximum Gasteiger partial charge on any atom is 0.359 e. The molecular weight excluding hydrogens is 244 g/mol. The molecule has 0 spiro atoms. The minimum atomic E-state index is -0.415. The molecule has 0 fully saturated rings. The lowest BCUT2D eigenvalue weighted by Crippen LogP contribution is -2.06. The number of fused-ring (bicyclic) bond motifs is 3. The highest BCUT2D eigenvalue weighted by Gasteiger charge is 2.19. The fourth-order valence-corrected chi connectivity index (χ4v) is 2.16. The van der Waals surface area contributed by atoms with Gasteiger partial charge in [0.05, 0.1) is 17.6 Å². The molecule has 0 amide bonds. The van der Waals surface area contributed by atoms with E-state index < -0.39 is 5.97 Å². The van der Waals surface area contributed by atoms with Crippen molar-refractivity contribution in [1.29, 1.82) is 0 Å². The number of hydrogen-bond donors (Lipinski definition) is 0. The standard InChI is InChI=1S/C13H12N4O2/c1-3-19-13(18)11-9-5-4-8-6-14-7-15-10(8)12(9)17(2)16-11/h4-7H,3H2,1-2H3. The molecule has 2 aromatic heterocycles. The van der Waals surface area contributed by atoms with Crippen LogP contribution in [0.3, 0.4) is 0 Å². The van der Waals surface area contributed by atoms with Crippen molar-refractivity contribution in [3.8, 4) is 0 Å². The molecule has 0 bridgehead atoms. The molecule has 0 saturated carbocycles. The molecule has 0 aliphatic carbocycles. The Hall–Kier alpha value is -2.50. The van der Waals surface area contributed by atoms with E-state index in [4.69, 9.17) is 4.74 Å². The van der Waals surface area contributed by atoms with Crippen molar-refractivity contribution in [2.45, 2.75) is 6.92 Å². The van der Waals surface area contributed by atoms with Gasteiger partial charge in [0.1, 0.15) is 6.33 Å². The molecule has 0 radical (unpaired) electrons. The van der Waals surface area contributed by atoms with Crippen LogP contribution >= 0.6 is 0 Å². The lowest BCUT2D eigenvalue weighted by Gasteiger charge is -2.00. The van der Waals surface area contributed by atoms with E-state index in [1.165, 1.54) is 6.33 Å². The second-order valence-corrected chi connectivity index (χ2v) is 4.11. The van der Waals surface area contributed by atoms with Crippen molar-refractivity contribution in [2.75, 3.05) is 6.61 Å². The van der Waals surface area contributed by atoms with Crippen LogP contribution in [0.25, 0.3) is 21.8 Å². The van der Waals surface area contributed by atoms with Gasteiger partial charge in [-0.15, -0.1) is 0 Å². The summed E-state index contributed by atoms with van der Waals surface area (Å²) in [4.78, 5) is 20.1. The van der Waals surface area contributed by atoms with Crippen molar-refractivity contribution >= 4 is 27.8 Å². The highest BCUT2D eigenvalue weighted by Crippen LogP contribution is 2.25. The molecule has 3 rings (SSSR count). The number of aryl methyl sites for hydroxylation is 1. The fraction of sp³-hybridized carbons (Fsp3) is 0.231. The van der Waals surface area contributed by atoms with Crippen LogP contribution in [-0.2, 0) is 11.8 Å². The third-order valence-electron chi connectivity index (χ3n) is 2.95. The molecule has 0 saturated heterocycles. The molecule has 1 aromatic carbocycles. The molecule has 6 nitrogen and oxygen atoms in total. The van der Waals surface area contributed by atoms with Gasteiger partial charge >= 0.3 is 5.97 Å². The van der Waals surface area contributed by atoms with Crippen LogP contribution in [0.1, 0.15) is 17.4 Å². The zero-order chi connectivity index (χ0) is 13.4. The molecule has 19 heavy (non-hydrogen) atoms. The van der Waals surface area contributed by atoms with Gasteiger partial charge in [0.15, 0.2) is 5.69 Å². The van der Waals surface area contributed by atoms with Gasteiger partial charge in [-0.05, 0) is 13.0 Å². The average Bonchev–Trinajstić information content (AvgIpc) is 2.77. The largest absolute Gasteiger partial charge is 0.461 e. The summed E-state index contributed by atoms with van der Waals surface area (Å²) in [5.41, 5.74) is 1.90. The van der Waals surface area contributed by atoms with Crippen LogP contribution in [0.2, 0.25) is 0 Å². The quantitative estimate of drug-likeness (QED) is 0.652. The van der Waals surface area contributed by atoms with Crippen molar-refractivity contribution in [2.24, 2.45) is 7.05 Å². The minimum Gasteiger partial charge on any atom is -0.461 e. The predicted molar refractivity (Wildman–Crippen MR) is 69.8 cm³/mol. The number of hydrogen-bond acceptors (Lipinski definition) is 5. The van der Waals surface area contributed by atoms with E-state index in [1.807, 2.05) is 12.1 Å². The van der Waals surface area contributed by atoms with Crippen molar-refractivity contribution in [3.63, 3.8) is 0 Å². The van der Waals surface area contributed by atoms with E-state index in [0.29, 0.717) is 12.3 Å². The topological polar surface area (TPSA) is 69.9 Å². The van der Waals surface area contributed by atoms with Gasteiger partial charge in [0.2, 0.25) is 0 Å². The molecule has 0 aliphatic heterocycles. The van der Waals surface area contributed by atoms with Crippen molar-refractivity contribution in [3.05, 3.63) is 30.4 Å². The maximum absolute atomic E-state index is 11.9. The smallest absolute Gasteiger partial charge is 0.359 e. The van der Waals surface area contributed by atoms with Gasteiger partial charge in [-0.2, -0.15) is 5.10 Å². The van der Waals surface area contributed by atoms with E-state index in [2.05, 4.69) is 15.1 Å². The summed E-state index contributed by atoms with van der Waals surface area (Å²) in [5, 5.41) is 5.89. The average molecular weight is 256 g/mol. The van der Waals surface area contributed by atoms with Crippen LogP contribution in [0.4, 0.5) is 0 Å². The van der Waals surface area contributed by atoms with Gasteiger partial charge in [0, 0.05) is 24.0 Å². The van der Waals surface area contributed by atoms with Crippen LogP contribution in [0.5, 0.6) is 0 Å². The minimum absolute atomic E-state index is 0.319. The van der Waals surface area contributed by atoms with Gasteiger partial charge in [0.25, 0.3) is 0 Å². The van der Waals surface area contributed by atoms with Gasteiger partial charge in [-0.1, -0.05) is 6.07 Å². The summed E-state index contributed by atoms with van der Waals surface area (Å²) in [7, 11) is 1.78. The molecule has 6 heteroatoms. The third-order valence-corrected chi connectivity index (χ3v) is 2.95. The van der Waals surface area contributed by atoms with Gasteiger partial charge < -0.3 is 4.74 Å². The summed E-state index contributed by atoms with van der Waals surface area (Å²) in [6.45, 7) is 2.10. The van der Waals surface area contributed by atoms with E-state index in [-0.39, 0.29) is 0 Å². The summed E-state index contributed by atoms with van der Waals surface area (Å²) < 4.78 is 6.66. The summed E-state index contributed by atoms with van der Waals surface area (Å²) >= 11 is 0. The number of aromatic nitrogens is 4. The Morgan fingerprint density at radius 1 is 1.42 bits per heavy atom. The van der Waals surface area contributed by atoms with E-state index >= 15 is 0 Å². The lowest BCUT2D eigenvalue weighted by atomic mass is 10.1. The van der Waals surface area contributed by atoms with Crippen LogP contribution in [0, 0.1) is 0 Å². The molecule has 0 aliphatic rings. The number of esters is 1. The zero-order valence-corrected chi connectivity index (χ0v) is 10.6. The number of ether oxygens (including phenoxy) is 1. The molecule has 3 aromatic rings. The Kier molecular flexibility index (Phi) is 2.63. The normalized spacial score (nSPS) is 11.1. The fourth-order valence-electron chi connectivity index (χ4n) is 2.16. The zero-order valence-electron chi connectivity index (χ0n) is 10.6. The molecule has 0 N–H and O–H groups in total. The summed E-state index contributed by atoms with van der Waals surface area (Å²) in [5.74, 6) is -0.415. The number of benzene rings is 1. The molecule has 0 unspecified atom stereocenters. The van der Waals surface area contributed by atoms with Crippen LogP contribution in [-0.4, -0.2) is 32.3 Å². The van der Waals surface area contributed by atoms with Gasteiger partial charge in [-0.25, -0.2) is 14.8 Å². The molecular formula is C13H12N4O2. The Balaban J connectivity index is 2.34. The van der Waals surface area contributed by atoms with E-state index in [0.717, 1.165) is 21.8 Å².